The lowest BCUT2D eigenvalue weighted by molar-refractivity contribution is -0.158. The molecular weight excluding hydrogens is 600 g/mol. The van der Waals surface area contributed by atoms with E-state index in [1.807, 2.05) is 18.2 Å². The number of rotatable bonds is 16. The predicted octanol–water partition coefficient (Wildman–Crippen LogP) is 10.2. The fourth-order valence-corrected chi connectivity index (χ4v) is 7.45. The zero-order valence-electron chi connectivity index (χ0n) is 28.7. The lowest BCUT2D eigenvalue weighted by Gasteiger charge is -2.32. The zero-order valence-corrected chi connectivity index (χ0v) is 28.7. The molecule has 0 bridgehead atoms. The molecule has 5 rings (SSSR count). The molecule has 48 heavy (non-hydrogen) atoms. The monoisotopic (exact) mass is 651 g/mol. The van der Waals surface area contributed by atoms with E-state index in [9.17, 15) is 13.6 Å². The third-order valence-electron chi connectivity index (χ3n) is 10.0. The molecule has 3 nitrogen and oxygen atoms in total. The van der Waals surface area contributed by atoms with Crippen molar-refractivity contribution in [2.24, 2.45) is 17.8 Å². The molecule has 1 heterocycles. The normalized spacial score (nSPS) is 17.8. The Kier molecular flexibility index (Phi) is 12.2. The smallest absolute Gasteiger partial charge is 0.394 e. The summed E-state index contributed by atoms with van der Waals surface area (Å²) in [4.78, 5) is 16.1. The molecule has 2 atom stereocenters. The number of ether oxygens (including phenoxy) is 1. The highest BCUT2D eigenvalue weighted by Gasteiger charge is 2.33. The largest absolute Gasteiger partial charge is 0.433 e. The van der Waals surface area contributed by atoms with Crippen LogP contribution >= 0.6 is 0 Å². The van der Waals surface area contributed by atoms with Crippen LogP contribution in [-0.4, -0.2) is 29.9 Å². The zero-order chi connectivity index (χ0) is 34.1. The first-order valence-corrected chi connectivity index (χ1v) is 17.7. The number of hydrogen-bond donors (Lipinski definition) is 0. The molecule has 254 valence electrons. The maximum atomic E-state index is 13.5. The van der Waals surface area contributed by atoms with Crippen molar-refractivity contribution >= 4 is 5.78 Å². The Balaban J connectivity index is 1.08. The average Bonchev–Trinajstić information content (AvgIpc) is 3.38. The first kappa shape index (κ1) is 35.5. The fraction of sp³-hybridized carbons (Fsp3) is 0.419. The average molecular weight is 652 g/mol. The van der Waals surface area contributed by atoms with Gasteiger partial charge >= 0.3 is 6.11 Å². The predicted molar refractivity (Wildman–Crippen MR) is 193 cm³/mol. The Bertz CT molecular complexity index is 1560. The second-order valence-electron chi connectivity index (χ2n) is 13.8. The van der Waals surface area contributed by atoms with Gasteiger partial charge in [-0.1, -0.05) is 92.8 Å². The van der Waals surface area contributed by atoms with Gasteiger partial charge in [-0.2, -0.15) is 8.78 Å². The summed E-state index contributed by atoms with van der Waals surface area (Å²) in [6.45, 7) is 13.7. The van der Waals surface area contributed by atoms with Crippen molar-refractivity contribution in [1.29, 1.82) is 0 Å². The molecule has 3 aromatic rings. The van der Waals surface area contributed by atoms with E-state index < -0.39 is 6.11 Å². The van der Waals surface area contributed by atoms with Gasteiger partial charge in [0.25, 0.3) is 0 Å². The molecule has 1 aliphatic heterocycles. The third kappa shape index (κ3) is 9.85. The Morgan fingerprint density at radius 2 is 1.67 bits per heavy atom. The van der Waals surface area contributed by atoms with Gasteiger partial charge < -0.3 is 4.74 Å². The molecule has 2 unspecified atom stereocenters. The van der Waals surface area contributed by atoms with Crippen molar-refractivity contribution in [2.75, 3.05) is 13.1 Å². The van der Waals surface area contributed by atoms with Crippen molar-refractivity contribution in [2.45, 2.75) is 84.3 Å². The SMILES string of the molecule is C=C/C=C\C(C=C)Cc1ccc(CCCC2CCN(Cc3cc(CC)c4c(c3)CC(Cc3ccc(OC(C)(F)F)cc3)C4=O)CC2)cc1. The molecule has 2 aliphatic rings. The molecule has 1 saturated heterocycles. The Morgan fingerprint density at radius 3 is 2.31 bits per heavy atom. The van der Waals surface area contributed by atoms with E-state index in [4.69, 9.17) is 0 Å². The molecule has 0 spiro atoms. The van der Waals surface area contributed by atoms with Crippen molar-refractivity contribution in [1.82, 2.24) is 4.90 Å². The van der Waals surface area contributed by atoms with Gasteiger partial charge in [-0.25, -0.2) is 0 Å². The summed E-state index contributed by atoms with van der Waals surface area (Å²) in [5.41, 5.74) is 8.25. The first-order chi connectivity index (χ1) is 23.1. The molecule has 1 aliphatic carbocycles. The number of piperidine rings is 1. The highest BCUT2D eigenvalue weighted by atomic mass is 19.3. The van der Waals surface area contributed by atoms with E-state index in [-0.39, 0.29) is 17.5 Å². The summed E-state index contributed by atoms with van der Waals surface area (Å²) >= 11 is 0. The number of fused-ring (bicyclic) bond motifs is 1. The van der Waals surface area contributed by atoms with Crippen LogP contribution in [0.4, 0.5) is 8.78 Å². The lowest BCUT2D eigenvalue weighted by atomic mass is 9.90. The first-order valence-electron chi connectivity index (χ1n) is 17.7. The molecular formula is C43H51F2NO2. The van der Waals surface area contributed by atoms with Gasteiger partial charge in [-0.15, -0.1) is 6.58 Å². The van der Waals surface area contributed by atoms with Crippen LogP contribution < -0.4 is 4.74 Å². The number of carbonyl (C=O) groups is 1. The van der Waals surface area contributed by atoms with E-state index in [2.05, 4.69) is 72.2 Å². The molecule has 5 heteroatoms. The van der Waals surface area contributed by atoms with Crippen LogP contribution in [0.3, 0.4) is 0 Å². The number of halogens is 2. The summed E-state index contributed by atoms with van der Waals surface area (Å²) in [5.74, 6) is 1.33. The van der Waals surface area contributed by atoms with Gasteiger partial charge in [0.05, 0.1) is 0 Å². The van der Waals surface area contributed by atoms with E-state index in [0.717, 1.165) is 80.4 Å². The minimum atomic E-state index is -3.22. The topological polar surface area (TPSA) is 29.5 Å². The summed E-state index contributed by atoms with van der Waals surface area (Å²) < 4.78 is 31.0. The summed E-state index contributed by atoms with van der Waals surface area (Å²) in [5, 5.41) is 0. The van der Waals surface area contributed by atoms with E-state index in [0.29, 0.717) is 12.3 Å². The second-order valence-corrected chi connectivity index (χ2v) is 13.8. The number of benzene rings is 3. The number of alkyl halides is 2. The minimum Gasteiger partial charge on any atom is -0.433 e. The second kappa shape index (κ2) is 16.5. The molecule has 3 aromatic carbocycles. The van der Waals surface area contributed by atoms with Gasteiger partial charge in [0.2, 0.25) is 0 Å². The van der Waals surface area contributed by atoms with Crippen LogP contribution in [0.2, 0.25) is 0 Å². The molecule has 0 N–H and O–H groups in total. The summed E-state index contributed by atoms with van der Waals surface area (Å²) in [7, 11) is 0. The fourth-order valence-electron chi connectivity index (χ4n) is 7.45. The maximum absolute atomic E-state index is 13.5. The minimum absolute atomic E-state index is 0.122. The molecule has 0 amide bonds. The molecule has 0 aromatic heterocycles. The van der Waals surface area contributed by atoms with Crippen molar-refractivity contribution in [3.63, 3.8) is 0 Å². The van der Waals surface area contributed by atoms with E-state index >= 15 is 0 Å². The standard InChI is InChI=1S/C43H51F2NO2/c1-5-8-10-31(6-2)25-34-15-13-32(14-16-34)11-9-12-33-21-23-46(24-22-33)30-36-27-37(7-3)41-38(28-36)29-39(42(41)47)26-35-17-19-40(20-18-35)48-43(4,44)45/h5-6,8,10,13-20,27-28,31,33,39H,1-2,7,9,11-12,21-26,29-30H2,3-4H3/b10-8-. The van der Waals surface area contributed by atoms with Crippen LogP contribution in [0.1, 0.15) is 83.3 Å². The summed E-state index contributed by atoms with van der Waals surface area (Å²) in [6.07, 6.45) is 14.0. The summed E-state index contributed by atoms with van der Waals surface area (Å²) in [6, 6.07) is 20.3. The van der Waals surface area contributed by atoms with Gasteiger partial charge in [-0.05, 0) is 122 Å². The number of carbonyl (C=O) groups excluding carboxylic acids is 1. The van der Waals surface area contributed by atoms with Gasteiger partial charge in [-0.3, -0.25) is 9.69 Å². The van der Waals surface area contributed by atoms with Crippen LogP contribution in [0.25, 0.3) is 0 Å². The highest BCUT2D eigenvalue weighted by molar-refractivity contribution is 6.03. The molecule has 0 radical (unpaired) electrons. The van der Waals surface area contributed by atoms with Gasteiger partial charge in [0.15, 0.2) is 5.78 Å². The number of likely N-dealkylation sites (tertiary alicyclic amines) is 1. The number of hydrogen-bond acceptors (Lipinski definition) is 3. The molecule has 0 saturated carbocycles. The van der Waals surface area contributed by atoms with E-state index in [1.165, 1.54) is 42.4 Å². The van der Waals surface area contributed by atoms with Crippen LogP contribution in [0, 0.1) is 17.8 Å². The lowest BCUT2D eigenvalue weighted by Crippen LogP contribution is -2.33. The highest BCUT2D eigenvalue weighted by Crippen LogP contribution is 2.34. The van der Waals surface area contributed by atoms with Gasteiger partial charge in [0, 0.05) is 24.9 Å². The number of ketones is 1. The Hall–Kier alpha value is -3.83. The van der Waals surface area contributed by atoms with Gasteiger partial charge in [0.1, 0.15) is 5.75 Å². The quantitative estimate of drug-likeness (QED) is 0.114. The third-order valence-corrected chi connectivity index (χ3v) is 10.0. The Labute approximate surface area is 286 Å². The van der Waals surface area contributed by atoms with E-state index in [1.54, 1.807) is 24.3 Å². The van der Waals surface area contributed by atoms with Crippen molar-refractivity contribution in [3.05, 3.63) is 137 Å². The Morgan fingerprint density at radius 1 is 0.979 bits per heavy atom. The number of Topliss-reactive ketones (excluding diaryl/α,β-unsaturated/α-hetero) is 1. The number of aryl methyl sites for hydroxylation is 2. The van der Waals surface area contributed by atoms with Crippen LogP contribution in [-0.2, 0) is 38.6 Å². The number of allylic oxidation sites excluding steroid dienone is 4. The molecule has 1 fully saturated rings. The van der Waals surface area contributed by atoms with Crippen molar-refractivity contribution in [3.8, 4) is 5.75 Å². The van der Waals surface area contributed by atoms with Crippen LogP contribution in [0.5, 0.6) is 5.75 Å². The van der Waals surface area contributed by atoms with Crippen LogP contribution in [0.15, 0.2) is 98.1 Å². The number of nitrogens with zero attached hydrogens (tertiary/aromatic N) is 1. The maximum Gasteiger partial charge on any atom is 0.394 e. The van der Waals surface area contributed by atoms with Crippen molar-refractivity contribution < 1.29 is 18.3 Å².